The van der Waals surface area contributed by atoms with Gasteiger partial charge in [-0.1, -0.05) is 70.5 Å². The molecule has 0 fully saturated rings. The summed E-state index contributed by atoms with van der Waals surface area (Å²) in [6, 6.07) is 24.2. The van der Waals surface area contributed by atoms with Crippen LogP contribution >= 0.6 is 15.9 Å². The molecular weight excluding hydrogens is 332 g/mol. The first-order valence-electron chi connectivity index (χ1n) is 7.75. The first-order chi connectivity index (χ1) is 10.8. The summed E-state index contributed by atoms with van der Waals surface area (Å²) in [5.41, 5.74) is 8.74. The molecule has 0 aliphatic heterocycles. The van der Waals surface area contributed by atoms with Crippen LogP contribution in [0.1, 0.15) is 22.3 Å². The molecule has 0 amide bonds. The zero-order valence-electron chi connectivity index (χ0n) is 12.4. The third kappa shape index (κ3) is 2.50. The molecule has 1 aliphatic carbocycles. The molecule has 3 aromatic rings. The van der Waals surface area contributed by atoms with Gasteiger partial charge in [0.05, 0.1) is 0 Å². The van der Waals surface area contributed by atoms with E-state index in [-0.39, 0.29) is 0 Å². The van der Waals surface area contributed by atoms with Gasteiger partial charge in [-0.05, 0) is 64.8 Å². The number of halogens is 1. The number of aryl methyl sites for hydroxylation is 2. The fraction of sp³-hybridized carbons (Fsp3) is 0.143. The van der Waals surface area contributed by atoms with E-state index in [0.29, 0.717) is 0 Å². The summed E-state index contributed by atoms with van der Waals surface area (Å²) in [5, 5.41) is 0. The molecule has 0 atom stereocenters. The highest BCUT2D eigenvalue weighted by atomic mass is 79.9. The average Bonchev–Trinajstić information content (AvgIpc) is 2.94. The molecule has 1 aliphatic rings. The monoisotopic (exact) mass is 348 g/mol. The van der Waals surface area contributed by atoms with Crippen LogP contribution in [0.25, 0.3) is 11.1 Å². The maximum absolute atomic E-state index is 3.50. The SMILES string of the molecule is Brc1ccc(CCc2cccc3c2Cc2ccccc2-3)cc1. The van der Waals surface area contributed by atoms with E-state index in [9.17, 15) is 0 Å². The van der Waals surface area contributed by atoms with E-state index in [1.165, 1.54) is 33.4 Å². The van der Waals surface area contributed by atoms with E-state index in [2.05, 4.69) is 82.7 Å². The molecular formula is C21H17Br. The minimum atomic E-state index is 1.09. The summed E-state index contributed by atoms with van der Waals surface area (Å²) < 4.78 is 1.15. The Hall–Kier alpha value is -1.86. The number of benzene rings is 3. The van der Waals surface area contributed by atoms with Crippen LogP contribution in [0, 0.1) is 0 Å². The highest BCUT2D eigenvalue weighted by Gasteiger charge is 2.19. The van der Waals surface area contributed by atoms with Crippen LogP contribution in [0.15, 0.2) is 71.2 Å². The second-order valence-electron chi connectivity index (χ2n) is 5.90. The fourth-order valence-corrected chi connectivity index (χ4v) is 3.65. The Labute approximate surface area is 140 Å². The minimum Gasteiger partial charge on any atom is -0.0619 e. The Morgan fingerprint density at radius 3 is 2.36 bits per heavy atom. The van der Waals surface area contributed by atoms with Crippen LogP contribution < -0.4 is 0 Å². The van der Waals surface area contributed by atoms with E-state index >= 15 is 0 Å². The fourth-order valence-electron chi connectivity index (χ4n) is 3.39. The van der Waals surface area contributed by atoms with Gasteiger partial charge in [-0.15, -0.1) is 0 Å². The Morgan fingerprint density at radius 2 is 1.50 bits per heavy atom. The lowest BCUT2D eigenvalue weighted by atomic mass is 9.96. The maximum atomic E-state index is 3.50. The molecule has 0 aromatic heterocycles. The molecule has 0 N–H and O–H groups in total. The predicted octanol–water partition coefficient (Wildman–Crippen LogP) is 5.81. The van der Waals surface area contributed by atoms with Gasteiger partial charge < -0.3 is 0 Å². The second-order valence-corrected chi connectivity index (χ2v) is 6.82. The number of hydrogen-bond acceptors (Lipinski definition) is 0. The zero-order chi connectivity index (χ0) is 14.9. The topological polar surface area (TPSA) is 0 Å². The largest absolute Gasteiger partial charge is 0.0619 e. The summed E-state index contributed by atoms with van der Waals surface area (Å²) in [4.78, 5) is 0. The molecule has 22 heavy (non-hydrogen) atoms. The Morgan fingerprint density at radius 1 is 0.727 bits per heavy atom. The molecule has 0 radical (unpaired) electrons. The number of rotatable bonds is 3. The van der Waals surface area contributed by atoms with Crippen LogP contribution in [-0.2, 0) is 19.3 Å². The quantitative estimate of drug-likeness (QED) is 0.438. The highest BCUT2D eigenvalue weighted by Crippen LogP contribution is 2.38. The smallest absolute Gasteiger partial charge is 0.0175 e. The van der Waals surface area contributed by atoms with E-state index < -0.39 is 0 Å². The molecule has 0 nitrogen and oxygen atoms in total. The molecule has 0 bridgehead atoms. The molecule has 0 unspecified atom stereocenters. The van der Waals surface area contributed by atoms with Crippen LogP contribution in [0.4, 0.5) is 0 Å². The number of hydrogen-bond donors (Lipinski definition) is 0. The molecule has 0 saturated carbocycles. The van der Waals surface area contributed by atoms with Gasteiger partial charge in [0.15, 0.2) is 0 Å². The van der Waals surface area contributed by atoms with Crippen molar-refractivity contribution in [1.29, 1.82) is 0 Å². The molecule has 3 aromatic carbocycles. The first-order valence-corrected chi connectivity index (χ1v) is 8.54. The lowest BCUT2D eigenvalue weighted by Crippen LogP contribution is -1.96. The lowest BCUT2D eigenvalue weighted by Gasteiger charge is -2.09. The van der Waals surface area contributed by atoms with Crippen molar-refractivity contribution in [3.63, 3.8) is 0 Å². The van der Waals surface area contributed by atoms with Crippen molar-refractivity contribution >= 4 is 15.9 Å². The summed E-state index contributed by atoms with van der Waals surface area (Å²) in [6.07, 6.45) is 3.29. The van der Waals surface area contributed by atoms with Crippen molar-refractivity contribution in [3.05, 3.63) is 93.5 Å². The van der Waals surface area contributed by atoms with Crippen molar-refractivity contribution in [2.24, 2.45) is 0 Å². The van der Waals surface area contributed by atoms with E-state index in [1.807, 2.05) is 0 Å². The standard InChI is InChI=1S/C21H17Br/c22-18-12-9-15(10-13-18)8-11-16-5-3-7-20-19-6-2-1-4-17(19)14-21(16)20/h1-7,9-10,12-13H,8,11,14H2. The average molecular weight is 349 g/mol. The van der Waals surface area contributed by atoms with Crippen molar-refractivity contribution in [2.45, 2.75) is 19.3 Å². The molecule has 4 rings (SSSR count). The third-order valence-corrected chi connectivity index (χ3v) is 5.07. The Bertz CT molecular complexity index is 816. The minimum absolute atomic E-state index is 1.09. The highest BCUT2D eigenvalue weighted by molar-refractivity contribution is 9.10. The van der Waals surface area contributed by atoms with Gasteiger partial charge in [-0.2, -0.15) is 0 Å². The van der Waals surface area contributed by atoms with Gasteiger partial charge in [0.2, 0.25) is 0 Å². The van der Waals surface area contributed by atoms with Crippen molar-refractivity contribution in [1.82, 2.24) is 0 Å². The molecule has 1 heteroatoms. The van der Waals surface area contributed by atoms with Crippen molar-refractivity contribution < 1.29 is 0 Å². The zero-order valence-corrected chi connectivity index (χ0v) is 13.9. The van der Waals surface area contributed by atoms with E-state index in [1.54, 1.807) is 0 Å². The number of fused-ring (bicyclic) bond motifs is 3. The van der Waals surface area contributed by atoms with Crippen LogP contribution in [-0.4, -0.2) is 0 Å². The van der Waals surface area contributed by atoms with E-state index in [4.69, 9.17) is 0 Å². The normalized spacial score (nSPS) is 12.0. The van der Waals surface area contributed by atoms with Crippen molar-refractivity contribution in [2.75, 3.05) is 0 Å². The Kier molecular flexibility index (Phi) is 3.59. The lowest BCUT2D eigenvalue weighted by molar-refractivity contribution is 0.943. The van der Waals surface area contributed by atoms with Gasteiger partial charge in [0.1, 0.15) is 0 Å². The Balaban J connectivity index is 1.61. The second kappa shape index (κ2) is 5.73. The first kappa shape index (κ1) is 13.8. The predicted molar refractivity (Wildman–Crippen MR) is 96.2 cm³/mol. The van der Waals surface area contributed by atoms with Crippen molar-refractivity contribution in [3.8, 4) is 11.1 Å². The maximum Gasteiger partial charge on any atom is 0.0175 e. The summed E-state index contributed by atoms with van der Waals surface area (Å²) >= 11 is 3.50. The van der Waals surface area contributed by atoms with Gasteiger partial charge in [-0.25, -0.2) is 0 Å². The van der Waals surface area contributed by atoms with Gasteiger partial charge in [-0.3, -0.25) is 0 Å². The van der Waals surface area contributed by atoms with Gasteiger partial charge in [0, 0.05) is 4.47 Å². The summed E-state index contributed by atoms with van der Waals surface area (Å²) in [6.45, 7) is 0. The van der Waals surface area contributed by atoms with Gasteiger partial charge >= 0.3 is 0 Å². The van der Waals surface area contributed by atoms with Crippen LogP contribution in [0.5, 0.6) is 0 Å². The van der Waals surface area contributed by atoms with Gasteiger partial charge in [0.25, 0.3) is 0 Å². The summed E-state index contributed by atoms with van der Waals surface area (Å²) in [5.74, 6) is 0. The summed E-state index contributed by atoms with van der Waals surface area (Å²) in [7, 11) is 0. The van der Waals surface area contributed by atoms with Crippen LogP contribution in [0.3, 0.4) is 0 Å². The molecule has 108 valence electrons. The molecule has 0 saturated heterocycles. The third-order valence-electron chi connectivity index (χ3n) is 4.54. The van der Waals surface area contributed by atoms with E-state index in [0.717, 1.165) is 23.7 Å². The van der Waals surface area contributed by atoms with Crippen LogP contribution in [0.2, 0.25) is 0 Å². The molecule has 0 spiro atoms. The molecule has 0 heterocycles.